The number of aliphatic carboxylic acids is 1. The number of fused-ring (bicyclic) bond motifs is 8. The third-order valence-electron chi connectivity index (χ3n) is 13.3. The molecule has 7 aromatic rings. The summed E-state index contributed by atoms with van der Waals surface area (Å²) in [6.07, 6.45) is 0.253. The fourth-order valence-corrected chi connectivity index (χ4v) is 9.35. The normalized spacial score (nSPS) is 13.0. The summed E-state index contributed by atoms with van der Waals surface area (Å²) in [6.45, 7) is -1.75. The average molecular weight is 1150 g/mol. The lowest BCUT2D eigenvalue weighted by molar-refractivity contribution is -0.152. The summed E-state index contributed by atoms with van der Waals surface area (Å²) in [7, 11) is 4.58. The van der Waals surface area contributed by atoms with Gasteiger partial charge in [0.25, 0.3) is 0 Å². The minimum atomic E-state index is -1.61. The molecule has 9 rings (SSSR count). The maximum absolute atomic E-state index is 13.0. The molecule has 8 bridgehead atoms. The zero-order valence-electron chi connectivity index (χ0n) is 45.6. The summed E-state index contributed by atoms with van der Waals surface area (Å²) < 4.78 is 42.5. The van der Waals surface area contributed by atoms with E-state index < -0.39 is 87.1 Å². The number of carbonyl (C=O) groups excluding carboxylic acids is 4. The van der Waals surface area contributed by atoms with E-state index in [0.29, 0.717) is 94.9 Å². The van der Waals surface area contributed by atoms with Crippen LogP contribution in [0.3, 0.4) is 0 Å². The Morgan fingerprint density at radius 3 is 1.05 bits per heavy atom. The lowest BCUT2D eigenvalue weighted by Crippen LogP contribution is -2.28. The Labute approximate surface area is 478 Å². The minimum absolute atomic E-state index is 0.228. The number of H-pyrrole nitrogens is 2. The molecule has 3 aromatic heterocycles. The first kappa shape index (κ1) is 58.5. The van der Waals surface area contributed by atoms with Gasteiger partial charge >= 0.3 is 29.8 Å². The summed E-state index contributed by atoms with van der Waals surface area (Å²) in [6, 6.07) is 32.7. The van der Waals surface area contributed by atoms with Crippen molar-refractivity contribution >= 4 is 76.2 Å². The molecule has 84 heavy (non-hydrogen) atoms. The fraction of sp³-hybridized carbons (Fsp3) is 0.210. The molecule has 22 heteroatoms. The van der Waals surface area contributed by atoms with Gasteiger partial charge in [-0.1, -0.05) is 48.5 Å². The largest absolute Gasteiger partial charge is 0.490 e. The van der Waals surface area contributed by atoms with Crippen LogP contribution in [0.1, 0.15) is 28.3 Å². The maximum atomic E-state index is 13.0. The van der Waals surface area contributed by atoms with E-state index in [-0.39, 0.29) is 23.0 Å². The third kappa shape index (κ3) is 13.3. The van der Waals surface area contributed by atoms with E-state index in [1.807, 2.05) is 24.3 Å². The first-order valence-corrected chi connectivity index (χ1v) is 25.9. The number of rotatable bonds is 22. The van der Waals surface area contributed by atoms with Crippen molar-refractivity contribution in [2.75, 3.05) is 54.9 Å². The smallest absolute Gasteiger partial charge is 0.338 e. The number of carbonyl (C=O) groups is 5. The average Bonchev–Trinajstić information content (AvgIpc) is 2.38. The molecule has 2 aliphatic heterocycles. The maximum Gasteiger partial charge on any atom is 0.338 e. The summed E-state index contributed by atoms with van der Waals surface area (Å²) in [5, 5.41) is 52.4. The van der Waals surface area contributed by atoms with Crippen LogP contribution in [0.4, 0.5) is 0 Å². The zero-order chi connectivity index (χ0) is 59.6. The molecule has 0 radical (unpaired) electrons. The molecular formula is C62H56N4O18. The van der Waals surface area contributed by atoms with E-state index in [0.717, 1.165) is 28.4 Å². The van der Waals surface area contributed by atoms with E-state index in [9.17, 15) is 49.5 Å². The number of esters is 4. The van der Waals surface area contributed by atoms with Gasteiger partial charge in [-0.25, -0.2) is 29.1 Å². The molecule has 5 heterocycles. The number of aromatic amines is 2. The second kappa shape index (κ2) is 26.2. The van der Waals surface area contributed by atoms with Crippen molar-refractivity contribution in [3.05, 3.63) is 144 Å². The van der Waals surface area contributed by atoms with Crippen molar-refractivity contribution in [2.24, 2.45) is 0 Å². The highest BCUT2D eigenvalue weighted by molar-refractivity contribution is 6.01. The molecule has 0 fully saturated rings. The molecule has 7 N–H and O–H groups in total. The summed E-state index contributed by atoms with van der Waals surface area (Å²) in [5.41, 5.74) is 7.69. The number of aromatic nitrogens is 4. The monoisotopic (exact) mass is 1140 g/mol. The number of nitrogens with zero attached hydrogens (tertiary/aromatic N) is 2. The van der Waals surface area contributed by atoms with Crippen LogP contribution >= 0.6 is 0 Å². The van der Waals surface area contributed by atoms with Gasteiger partial charge in [0.15, 0.2) is 24.4 Å². The van der Waals surface area contributed by atoms with Gasteiger partial charge in [-0.3, -0.25) is 4.79 Å². The van der Waals surface area contributed by atoms with Crippen molar-refractivity contribution in [3.63, 3.8) is 0 Å². The van der Waals surface area contributed by atoms with E-state index >= 15 is 0 Å². The molecule has 0 saturated heterocycles. The number of nitrogens with one attached hydrogen (secondary N) is 2. The molecule has 432 valence electrons. The molecule has 0 spiro atoms. The number of ether oxygens (including phenoxy) is 8. The van der Waals surface area contributed by atoms with Crippen LogP contribution in [0.25, 0.3) is 90.9 Å². The number of hydrogen-bond donors (Lipinski definition) is 7. The minimum Gasteiger partial charge on any atom is -0.490 e. The molecule has 4 unspecified atom stereocenters. The van der Waals surface area contributed by atoms with Gasteiger partial charge in [-0.15, -0.1) is 0 Å². The van der Waals surface area contributed by atoms with Crippen LogP contribution in [-0.4, -0.2) is 155 Å². The highest BCUT2D eigenvalue weighted by Gasteiger charge is 2.25. The molecular weight excluding hydrogens is 1090 g/mol. The number of benzene rings is 4. The first-order valence-electron chi connectivity index (χ1n) is 25.9. The summed E-state index contributed by atoms with van der Waals surface area (Å²) in [5.74, 6) is -3.68. The summed E-state index contributed by atoms with van der Waals surface area (Å²) >= 11 is 0. The van der Waals surface area contributed by atoms with E-state index in [1.165, 1.54) is 0 Å². The van der Waals surface area contributed by atoms with Crippen LogP contribution in [0.15, 0.2) is 115 Å². The van der Waals surface area contributed by atoms with Crippen molar-refractivity contribution < 1.29 is 87.4 Å². The quantitative estimate of drug-likeness (QED) is 0.0277. The van der Waals surface area contributed by atoms with Gasteiger partial charge < -0.3 is 73.4 Å². The predicted molar refractivity (Wildman–Crippen MR) is 306 cm³/mol. The van der Waals surface area contributed by atoms with Crippen LogP contribution < -0.4 is 18.9 Å². The third-order valence-corrected chi connectivity index (χ3v) is 13.3. The van der Waals surface area contributed by atoms with Crippen molar-refractivity contribution in [1.82, 2.24) is 19.9 Å². The van der Waals surface area contributed by atoms with Crippen molar-refractivity contribution in [3.8, 4) is 67.5 Å². The Bertz CT molecular complexity index is 3900. The Balaban J connectivity index is 1.38. The highest BCUT2D eigenvalue weighted by Crippen LogP contribution is 2.41. The highest BCUT2D eigenvalue weighted by atomic mass is 16.6. The number of hydrogen-bond acceptors (Lipinski definition) is 19. The standard InChI is InChI=1S/C62H56N4O18/c1-77-59(73)49(67)29-81-38-13-5-9-33(23-38)54-42-17-18-43(63-42)55(34-10-6-14-39(24-34)82-30-50(68)60(74)78-2)45-21-22-47(65-45)57(36-12-8-16-41(26-36)84-32-52(70)62(76)80-4)58-37(28-53(71)72)27-48(66-58)56(46-20-19-44(54)64-46)35-11-7-15-40(25-35)83-31-51(69)61(75)79-3/h5-27,49-52,63,66-70H,28-32H2,1-4H3,(H,71,72). The number of methoxy groups -OCH3 is 4. The zero-order valence-corrected chi connectivity index (χ0v) is 45.6. The van der Waals surface area contributed by atoms with Crippen LogP contribution in [0.5, 0.6) is 23.0 Å². The lowest BCUT2D eigenvalue weighted by atomic mass is 10.00. The van der Waals surface area contributed by atoms with Crippen LogP contribution in [0.2, 0.25) is 0 Å². The van der Waals surface area contributed by atoms with E-state index in [4.69, 9.17) is 47.9 Å². The molecule has 2 aliphatic rings. The number of aliphatic hydroxyl groups excluding tert-OH is 4. The molecule has 4 atom stereocenters. The number of carboxylic acids is 1. The lowest BCUT2D eigenvalue weighted by Gasteiger charge is -2.13. The van der Waals surface area contributed by atoms with Gasteiger partial charge in [0.05, 0.1) is 63.2 Å². The molecule has 22 nitrogen and oxygen atoms in total. The second-order valence-corrected chi connectivity index (χ2v) is 18.9. The molecule has 0 saturated carbocycles. The van der Waals surface area contributed by atoms with Gasteiger partial charge in [0.2, 0.25) is 0 Å². The van der Waals surface area contributed by atoms with E-state index in [2.05, 4.69) is 9.97 Å². The predicted octanol–water partition coefficient (Wildman–Crippen LogP) is 6.60. The Morgan fingerprint density at radius 2 is 0.726 bits per heavy atom. The Hall–Kier alpha value is -10.1. The fourth-order valence-electron chi connectivity index (χ4n) is 9.35. The summed E-state index contributed by atoms with van der Waals surface area (Å²) in [4.78, 5) is 79.5. The Morgan fingerprint density at radius 1 is 0.417 bits per heavy atom. The van der Waals surface area contributed by atoms with Gasteiger partial charge in [-0.05, 0) is 119 Å². The molecule has 4 aromatic carbocycles. The van der Waals surface area contributed by atoms with Crippen LogP contribution in [-0.2, 0) is 49.3 Å². The van der Waals surface area contributed by atoms with E-state index in [1.54, 1.807) is 115 Å². The van der Waals surface area contributed by atoms with Crippen molar-refractivity contribution in [2.45, 2.75) is 30.8 Å². The first-order chi connectivity index (χ1) is 40.5. The topological polar surface area (TPSA) is 318 Å². The van der Waals surface area contributed by atoms with Gasteiger partial charge in [-0.2, -0.15) is 0 Å². The van der Waals surface area contributed by atoms with Gasteiger partial charge in [0.1, 0.15) is 49.4 Å². The Kier molecular flexibility index (Phi) is 18.2. The SMILES string of the molecule is COC(=O)C(O)COc1cccc(-c2c3nc(c(-c4cccc(OCC(O)C(=O)OC)c4)c4cc(CC(=O)O)c([nH]4)c(-c4cccc(OCC(O)C(=O)OC)c4)c4nc(c(-c5cccc(OCC(O)C(=O)OC)c5)c5ccc2[nH]5)C=C4)C=C3)c1. The molecule has 0 amide bonds. The van der Waals surface area contributed by atoms with Crippen LogP contribution in [0, 0.1) is 0 Å². The van der Waals surface area contributed by atoms with Gasteiger partial charge in [0, 0.05) is 38.8 Å². The van der Waals surface area contributed by atoms with Crippen molar-refractivity contribution in [1.29, 1.82) is 0 Å². The number of carboxylic acid groups (broad SMARTS) is 1. The molecule has 0 aliphatic carbocycles. The number of aliphatic hydroxyl groups is 4. The second-order valence-electron chi connectivity index (χ2n) is 18.9.